The van der Waals surface area contributed by atoms with Crippen LogP contribution in [0.15, 0.2) is 22.7 Å². The largest absolute Gasteiger partial charge is 0.481 e. The van der Waals surface area contributed by atoms with E-state index in [2.05, 4.69) is 31.2 Å². The molecule has 1 atom stereocenters. The molecule has 1 heterocycles. The summed E-state index contributed by atoms with van der Waals surface area (Å²) in [5.41, 5.74) is 3.66. The van der Waals surface area contributed by atoms with E-state index in [4.69, 9.17) is 16.1 Å². The lowest BCUT2D eigenvalue weighted by Crippen LogP contribution is -2.28. The predicted molar refractivity (Wildman–Crippen MR) is 132 cm³/mol. The first-order valence-electron chi connectivity index (χ1n) is 12.3. The van der Waals surface area contributed by atoms with Gasteiger partial charge in [-0.15, -0.1) is 0 Å². The average Bonchev–Trinajstić information content (AvgIpc) is 3.45. The fourth-order valence-corrected chi connectivity index (χ4v) is 5.52. The standard InChI is InChI=1S/C27H35ClN2O4/c1-15-5-8-21(20(28)9-15)29-26(33)19(13-23(31)32)12-22-24(17-6-7-17)25(34-30-22)18-10-16(11-18)14-27(2,3)4/h5,8-9,16-19H,6-7,10-14H2,1-4H3,(H,29,33)(H,31,32)/t16?,18?,19-/m0/s1. The normalized spacial score (nSPS) is 21.1. The quantitative estimate of drug-likeness (QED) is 0.410. The van der Waals surface area contributed by atoms with Crippen molar-refractivity contribution in [1.82, 2.24) is 5.16 Å². The Morgan fingerprint density at radius 3 is 2.53 bits per heavy atom. The van der Waals surface area contributed by atoms with E-state index >= 15 is 0 Å². The molecule has 1 amide bonds. The highest BCUT2D eigenvalue weighted by atomic mass is 35.5. The van der Waals surface area contributed by atoms with Gasteiger partial charge in [-0.25, -0.2) is 0 Å². The number of aryl methyl sites for hydroxylation is 1. The first kappa shape index (κ1) is 24.8. The third kappa shape index (κ3) is 6.01. The highest BCUT2D eigenvalue weighted by Gasteiger charge is 2.41. The molecule has 2 N–H and O–H groups in total. The van der Waals surface area contributed by atoms with Gasteiger partial charge in [0.05, 0.1) is 28.7 Å². The van der Waals surface area contributed by atoms with Crippen molar-refractivity contribution in [1.29, 1.82) is 0 Å². The van der Waals surface area contributed by atoms with E-state index in [9.17, 15) is 14.7 Å². The van der Waals surface area contributed by atoms with Gasteiger partial charge in [0.2, 0.25) is 5.91 Å². The van der Waals surface area contributed by atoms with Crippen molar-refractivity contribution < 1.29 is 19.2 Å². The number of carbonyl (C=O) groups excluding carboxylic acids is 1. The van der Waals surface area contributed by atoms with Gasteiger partial charge in [-0.1, -0.05) is 43.6 Å². The lowest BCUT2D eigenvalue weighted by molar-refractivity contribution is -0.140. The lowest BCUT2D eigenvalue weighted by Gasteiger charge is -2.38. The number of hydrogen-bond acceptors (Lipinski definition) is 4. The number of rotatable bonds is 9. The fourth-order valence-electron chi connectivity index (χ4n) is 5.24. The van der Waals surface area contributed by atoms with Gasteiger partial charge >= 0.3 is 5.97 Å². The summed E-state index contributed by atoms with van der Waals surface area (Å²) in [6.07, 6.45) is 5.56. The number of nitrogens with one attached hydrogen (secondary N) is 1. The van der Waals surface area contributed by atoms with E-state index in [-0.39, 0.29) is 18.7 Å². The summed E-state index contributed by atoms with van der Waals surface area (Å²) in [5, 5.41) is 17.1. The number of amides is 1. The molecule has 6 nitrogen and oxygen atoms in total. The molecule has 34 heavy (non-hydrogen) atoms. The van der Waals surface area contributed by atoms with Crippen LogP contribution in [0, 0.1) is 24.2 Å². The van der Waals surface area contributed by atoms with Crippen molar-refractivity contribution >= 4 is 29.2 Å². The number of carboxylic acid groups (broad SMARTS) is 1. The topological polar surface area (TPSA) is 92.4 Å². The van der Waals surface area contributed by atoms with Crippen LogP contribution in [0.1, 0.15) is 93.7 Å². The van der Waals surface area contributed by atoms with Gasteiger partial charge in [0.15, 0.2) is 0 Å². The molecule has 4 rings (SSSR count). The number of aliphatic carboxylic acids is 1. The van der Waals surface area contributed by atoms with Gasteiger partial charge in [-0.2, -0.15) is 0 Å². The molecular weight excluding hydrogens is 452 g/mol. The molecule has 0 spiro atoms. The van der Waals surface area contributed by atoms with Crippen molar-refractivity contribution in [2.45, 2.75) is 84.5 Å². The van der Waals surface area contributed by atoms with Crippen molar-refractivity contribution in [2.75, 3.05) is 5.32 Å². The van der Waals surface area contributed by atoms with E-state index in [1.54, 1.807) is 12.1 Å². The molecule has 0 radical (unpaired) electrons. The van der Waals surface area contributed by atoms with E-state index in [0.717, 1.165) is 48.3 Å². The molecule has 2 aliphatic carbocycles. The van der Waals surface area contributed by atoms with Crippen LogP contribution in [0.25, 0.3) is 0 Å². The Kier molecular flexibility index (Phi) is 7.09. The summed E-state index contributed by atoms with van der Waals surface area (Å²) >= 11 is 6.27. The minimum Gasteiger partial charge on any atom is -0.481 e. The van der Waals surface area contributed by atoms with Crippen LogP contribution in [-0.2, 0) is 16.0 Å². The van der Waals surface area contributed by atoms with Crippen LogP contribution in [0.4, 0.5) is 5.69 Å². The number of halogens is 1. The monoisotopic (exact) mass is 486 g/mol. The molecule has 0 aliphatic heterocycles. The molecule has 2 aromatic rings. The van der Waals surface area contributed by atoms with E-state index in [1.165, 1.54) is 6.42 Å². The van der Waals surface area contributed by atoms with Crippen molar-refractivity contribution in [3.8, 4) is 0 Å². The maximum atomic E-state index is 13.1. The Morgan fingerprint density at radius 1 is 1.24 bits per heavy atom. The minimum absolute atomic E-state index is 0.245. The lowest BCUT2D eigenvalue weighted by atomic mass is 9.67. The predicted octanol–water partition coefficient (Wildman–Crippen LogP) is 6.72. The van der Waals surface area contributed by atoms with Crippen LogP contribution >= 0.6 is 11.6 Å². The molecule has 2 fully saturated rings. The Balaban J connectivity index is 1.49. The number of hydrogen-bond donors (Lipinski definition) is 2. The molecule has 1 aromatic heterocycles. The second kappa shape index (κ2) is 9.73. The maximum absolute atomic E-state index is 13.1. The van der Waals surface area contributed by atoms with Crippen LogP contribution in [0.2, 0.25) is 5.02 Å². The van der Waals surface area contributed by atoms with Crippen LogP contribution in [-0.4, -0.2) is 22.1 Å². The molecular formula is C27H35ClN2O4. The summed E-state index contributed by atoms with van der Waals surface area (Å²) in [7, 11) is 0. The fraction of sp³-hybridized carbons (Fsp3) is 0.593. The summed E-state index contributed by atoms with van der Waals surface area (Å²) in [6.45, 7) is 8.75. The second-order valence-corrected chi connectivity index (χ2v) is 11.9. The van der Waals surface area contributed by atoms with Crippen LogP contribution in [0.5, 0.6) is 0 Å². The number of benzene rings is 1. The van der Waals surface area contributed by atoms with Gasteiger partial charge in [-0.3, -0.25) is 9.59 Å². The molecule has 1 aromatic carbocycles. The SMILES string of the molecule is Cc1ccc(NC(=O)[C@H](CC(=O)O)Cc2noc(C3CC(CC(C)(C)C)C3)c2C2CC2)c(Cl)c1. The van der Waals surface area contributed by atoms with Crippen molar-refractivity contribution in [3.05, 3.63) is 45.8 Å². The van der Waals surface area contributed by atoms with Crippen molar-refractivity contribution in [2.24, 2.45) is 17.3 Å². The smallest absolute Gasteiger partial charge is 0.304 e. The molecule has 0 bridgehead atoms. The highest BCUT2D eigenvalue weighted by Crippen LogP contribution is 2.52. The van der Waals surface area contributed by atoms with E-state index < -0.39 is 11.9 Å². The summed E-state index contributed by atoms with van der Waals surface area (Å²) in [4.78, 5) is 24.6. The second-order valence-electron chi connectivity index (χ2n) is 11.5. The van der Waals surface area contributed by atoms with Gasteiger partial charge in [0, 0.05) is 17.9 Å². The first-order chi connectivity index (χ1) is 16.0. The molecule has 0 unspecified atom stereocenters. The number of carboxylic acids is 1. The molecule has 2 saturated carbocycles. The van der Waals surface area contributed by atoms with Gasteiger partial charge in [0.1, 0.15) is 5.76 Å². The third-order valence-electron chi connectivity index (χ3n) is 6.94. The minimum atomic E-state index is -1.02. The number of nitrogens with zero attached hydrogens (tertiary/aromatic N) is 1. The molecule has 2 aliphatic rings. The number of carbonyl (C=O) groups is 2. The zero-order valence-electron chi connectivity index (χ0n) is 20.5. The van der Waals surface area contributed by atoms with Gasteiger partial charge in [-0.05, 0) is 74.0 Å². The zero-order valence-corrected chi connectivity index (χ0v) is 21.2. The van der Waals surface area contributed by atoms with Gasteiger partial charge < -0.3 is 14.9 Å². The Bertz CT molecular complexity index is 1060. The van der Waals surface area contributed by atoms with Gasteiger partial charge in [0.25, 0.3) is 0 Å². The zero-order chi connectivity index (χ0) is 24.6. The van der Waals surface area contributed by atoms with E-state index in [0.29, 0.717) is 33.9 Å². The Hall–Kier alpha value is -2.34. The summed E-state index contributed by atoms with van der Waals surface area (Å²) in [5.74, 6) is 0.318. The molecule has 0 saturated heterocycles. The Morgan fingerprint density at radius 2 is 1.94 bits per heavy atom. The van der Waals surface area contributed by atoms with E-state index in [1.807, 2.05) is 13.0 Å². The summed E-state index contributed by atoms with van der Waals surface area (Å²) < 4.78 is 5.87. The average molecular weight is 487 g/mol. The number of aromatic nitrogens is 1. The maximum Gasteiger partial charge on any atom is 0.304 e. The summed E-state index contributed by atoms with van der Waals surface area (Å²) in [6, 6.07) is 5.36. The first-order valence-corrected chi connectivity index (χ1v) is 12.6. The highest BCUT2D eigenvalue weighted by molar-refractivity contribution is 6.33. The third-order valence-corrected chi connectivity index (χ3v) is 7.25. The van der Waals surface area contributed by atoms with Crippen molar-refractivity contribution in [3.63, 3.8) is 0 Å². The van der Waals surface area contributed by atoms with Crippen LogP contribution < -0.4 is 5.32 Å². The Labute approximate surface area is 206 Å². The molecule has 184 valence electrons. The molecule has 7 heteroatoms. The number of anilines is 1. The van der Waals surface area contributed by atoms with Crippen LogP contribution in [0.3, 0.4) is 0 Å².